The molecule has 2 aliphatic rings. The zero-order chi connectivity index (χ0) is 41.6. The smallest absolute Gasteiger partial charge is 0.321 e. The highest BCUT2D eigenvalue weighted by atomic mass is 16.7. The predicted octanol–water partition coefficient (Wildman–Crippen LogP) is 6.48. The molecule has 2 heterocycles. The van der Waals surface area contributed by atoms with Gasteiger partial charge < -0.3 is 55.5 Å². The molecule has 0 bridgehead atoms. The SMILES string of the molecule is C[C@@H]1CCCCO[C@@H](CN(C)C(=O)Nc2ccc3c(c2)OCO3)[C@@H](C)CN([C@H](C)CO)C(=O)c2cc(NC(=O)CCCCCC(=O)Nc3ccccc3N)ccc2O1. The van der Waals surface area contributed by atoms with E-state index in [1.807, 2.05) is 13.8 Å². The Morgan fingerprint density at radius 3 is 2.33 bits per heavy atom. The van der Waals surface area contributed by atoms with Gasteiger partial charge in [0.1, 0.15) is 5.75 Å². The Labute approximate surface area is 340 Å². The van der Waals surface area contributed by atoms with Gasteiger partial charge >= 0.3 is 6.03 Å². The molecular weight excluding hydrogens is 745 g/mol. The quantitative estimate of drug-likeness (QED) is 0.0943. The Morgan fingerprint density at radius 1 is 0.897 bits per heavy atom. The van der Waals surface area contributed by atoms with E-state index in [2.05, 4.69) is 16.0 Å². The summed E-state index contributed by atoms with van der Waals surface area (Å²) in [7, 11) is 1.69. The maximum atomic E-state index is 14.5. The van der Waals surface area contributed by atoms with Gasteiger partial charge in [0.05, 0.1) is 41.8 Å². The second-order valence-corrected chi connectivity index (χ2v) is 15.1. The van der Waals surface area contributed by atoms with Crippen molar-refractivity contribution in [1.82, 2.24) is 9.80 Å². The van der Waals surface area contributed by atoms with Crippen molar-refractivity contribution in [1.29, 1.82) is 0 Å². The molecule has 0 aliphatic carbocycles. The topological polar surface area (TPSA) is 194 Å². The molecule has 0 fully saturated rings. The number of likely N-dealkylation sites (N-methyl/N-ethyl adjacent to an activating group) is 1. The molecule has 6 N–H and O–H groups in total. The summed E-state index contributed by atoms with van der Waals surface area (Å²) in [6.07, 6.45) is 4.07. The summed E-state index contributed by atoms with van der Waals surface area (Å²) >= 11 is 0. The molecule has 0 aromatic heterocycles. The Kier molecular flexibility index (Phi) is 16.0. The molecule has 3 aromatic carbocycles. The summed E-state index contributed by atoms with van der Waals surface area (Å²) in [4.78, 5) is 56.3. The van der Waals surface area contributed by atoms with E-state index < -0.39 is 12.1 Å². The van der Waals surface area contributed by atoms with Crippen LogP contribution in [-0.2, 0) is 14.3 Å². The molecule has 0 unspecified atom stereocenters. The summed E-state index contributed by atoms with van der Waals surface area (Å²) in [5.74, 6) is 0.588. The van der Waals surface area contributed by atoms with E-state index in [4.69, 9.17) is 24.7 Å². The minimum atomic E-state index is -0.564. The number of benzene rings is 3. The Balaban J connectivity index is 1.23. The number of nitrogens with zero attached hydrogens (tertiary/aromatic N) is 2. The Morgan fingerprint density at radius 2 is 1.59 bits per heavy atom. The van der Waals surface area contributed by atoms with Gasteiger partial charge in [-0.25, -0.2) is 4.79 Å². The zero-order valence-corrected chi connectivity index (χ0v) is 34.0. The van der Waals surface area contributed by atoms with Gasteiger partial charge in [-0.05, 0) is 88.4 Å². The van der Waals surface area contributed by atoms with Crippen LogP contribution in [0.5, 0.6) is 17.2 Å². The lowest BCUT2D eigenvalue weighted by Gasteiger charge is -2.35. The van der Waals surface area contributed by atoms with Crippen LogP contribution in [0.3, 0.4) is 0 Å². The van der Waals surface area contributed by atoms with Crippen molar-refractivity contribution < 1.29 is 43.2 Å². The highest BCUT2D eigenvalue weighted by Crippen LogP contribution is 2.34. The first-order chi connectivity index (χ1) is 27.9. The van der Waals surface area contributed by atoms with Crippen molar-refractivity contribution in [3.63, 3.8) is 0 Å². The van der Waals surface area contributed by atoms with Crippen LogP contribution in [0.4, 0.5) is 27.5 Å². The van der Waals surface area contributed by atoms with Crippen LogP contribution in [0, 0.1) is 5.92 Å². The number of carbonyl (C=O) groups excluding carboxylic acids is 4. The molecule has 5 amide bonds. The number of carbonyl (C=O) groups is 4. The number of amides is 5. The number of nitrogens with two attached hydrogens (primary N) is 1. The number of unbranched alkanes of at least 4 members (excludes halogenated alkanes) is 2. The first-order valence-electron chi connectivity index (χ1n) is 20.1. The van der Waals surface area contributed by atoms with Gasteiger partial charge in [0, 0.05) is 62.9 Å². The second-order valence-electron chi connectivity index (χ2n) is 15.1. The highest BCUT2D eigenvalue weighted by Gasteiger charge is 2.31. The average Bonchev–Trinajstić information content (AvgIpc) is 3.67. The number of ether oxygens (including phenoxy) is 4. The van der Waals surface area contributed by atoms with Crippen LogP contribution in [0.15, 0.2) is 60.7 Å². The number of para-hydroxylation sites is 2. The lowest BCUT2D eigenvalue weighted by atomic mass is 10.0. The maximum absolute atomic E-state index is 14.5. The third-order valence-corrected chi connectivity index (χ3v) is 10.3. The Bertz CT molecular complexity index is 1880. The van der Waals surface area contributed by atoms with E-state index in [-0.39, 0.29) is 74.2 Å². The minimum Gasteiger partial charge on any atom is -0.490 e. The monoisotopic (exact) mass is 802 g/mol. The molecule has 0 saturated carbocycles. The first kappa shape index (κ1) is 43.6. The van der Waals surface area contributed by atoms with Crippen molar-refractivity contribution in [2.45, 2.75) is 90.4 Å². The van der Waals surface area contributed by atoms with Crippen molar-refractivity contribution >= 4 is 46.5 Å². The number of hydrogen-bond donors (Lipinski definition) is 5. The third-order valence-electron chi connectivity index (χ3n) is 10.3. The zero-order valence-electron chi connectivity index (χ0n) is 34.0. The molecule has 15 nitrogen and oxygen atoms in total. The molecule has 58 heavy (non-hydrogen) atoms. The van der Waals surface area contributed by atoms with Crippen LogP contribution in [-0.4, -0.2) is 97.1 Å². The van der Waals surface area contributed by atoms with Gasteiger partial charge in [-0.15, -0.1) is 0 Å². The van der Waals surface area contributed by atoms with E-state index in [1.165, 1.54) is 0 Å². The van der Waals surface area contributed by atoms with Crippen LogP contribution in [0.25, 0.3) is 0 Å². The number of nitrogens with one attached hydrogen (secondary N) is 3. The summed E-state index contributed by atoms with van der Waals surface area (Å²) < 4.78 is 23.6. The number of nitrogen functional groups attached to an aromatic ring is 1. The van der Waals surface area contributed by atoms with Gasteiger partial charge in [-0.1, -0.05) is 25.5 Å². The van der Waals surface area contributed by atoms with Crippen LogP contribution in [0.2, 0.25) is 0 Å². The van der Waals surface area contributed by atoms with E-state index in [0.717, 1.165) is 12.8 Å². The van der Waals surface area contributed by atoms with Crippen molar-refractivity contribution in [2.24, 2.45) is 5.92 Å². The molecule has 314 valence electrons. The molecule has 0 spiro atoms. The largest absolute Gasteiger partial charge is 0.490 e. The van der Waals surface area contributed by atoms with E-state index in [0.29, 0.717) is 78.7 Å². The molecule has 2 aliphatic heterocycles. The fraction of sp³-hybridized carbons (Fsp3) is 0.488. The molecule has 15 heteroatoms. The fourth-order valence-electron chi connectivity index (χ4n) is 6.80. The molecular formula is C43H58N6O9. The lowest BCUT2D eigenvalue weighted by molar-refractivity contribution is -0.116. The van der Waals surface area contributed by atoms with Crippen molar-refractivity contribution in [3.05, 3.63) is 66.2 Å². The van der Waals surface area contributed by atoms with Crippen LogP contribution in [0.1, 0.15) is 82.5 Å². The van der Waals surface area contributed by atoms with Gasteiger partial charge in [0.2, 0.25) is 18.6 Å². The molecule has 5 rings (SSSR count). The lowest BCUT2D eigenvalue weighted by Crippen LogP contribution is -2.48. The molecule has 4 atom stereocenters. The number of hydrogen-bond acceptors (Lipinski definition) is 10. The van der Waals surface area contributed by atoms with Crippen LogP contribution < -0.4 is 35.9 Å². The summed E-state index contributed by atoms with van der Waals surface area (Å²) in [5, 5.41) is 19.0. The van der Waals surface area contributed by atoms with Crippen molar-refractivity contribution in [2.75, 3.05) is 61.8 Å². The number of aliphatic hydroxyl groups is 1. The number of fused-ring (bicyclic) bond motifs is 2. The number of anilines is 4. The summed E-state index contributed by atoms with van der Waals surface area (Å²) in [5.41, 5.74) is 8.26. The maximum Gasteiger partial charge on any atom is 0.321 e. The molecule has 0 saturated heterocycles. The summed E-state index contributed by atoms with van der Waals surface area (Å²) in [6, 6.07) is 16.4. The van der Waals surface area contributed by atoms with Gasteiger partial charge in [0.15, 0.2) is 11.5 Å². The second kappa shape index (κ2) is 21.3. The third kappa shape index (κ3) is 12.5. The number of aliphatic hydroxyl groups excluding tert-OH is 1. The standard InChI is InChI=1S/C43H58N6O9/c1-28-24-49(29(2)26-50)42(53)33-22-31(45-40(51)15-6-5-7-16-41(52)47-35-14-9-8-13-34(35)44)17-19-36(33)58-30(3)12-10-11-21-55-39(28)25-48(4)43(54)46-32-18-20-37-38(23-32)57-27-56-37/h8-9,13-14,17-20,22-23,28-30,39,50H,5-7,10-12,15-16,21,24-27,44H2,1-4H3,(H,45,51)(H,46,54)(H,47,52)/t28-,29+,30+,39-/m0/s1. The highest BCUT2D eigenvalue weighted by molar-refractivity contribution is 6.00. The van der Waals surface area contributed by atoms with Crippen molar-refractivity contribution in [3.8, 4) is 17.2 Å². The van der Waals surface area contributed by atoms with Gasteiger partial charge in [-0.2, -0.15) is 0 Å². The normalized spacial score (nSPS) is 18.9. The first-order valence-corrected chi connectivity index (χ1v) is 20.1. The van der Waals surface area contributed by atoms with Gasteiger partial charge in [0.25, 0.3) is 5.91 Å². The number of rotatable bonds is 13. The predicted molar refractivity (Wildman–Crippen MR) is 222 cm³/mol. The average molecular weight is 803 g/mol. The summed E-state index contributed by atoms with van der Waals surface area (Å²) in [6.45, 7) is 6.45. The minimum absolute atomic E-state index is 0.130. The fourth-order valence-corrected chi connectivity index (χ4v) is 6.80. The number of urea groups is 1. The van der Waals surface area contributed by atoms with E-state index in [1.54, 1.807) is 84.4 Å². The molecule has 3 aromatic rings. The van der Waals surface area contributed by atoms with Crippen LogP contribution >= 0.6 is 0 Å². The van der Waals surface area contributed by atoms with E-state index >= 15 is 0 Å². The molecule has 0 radical (unpaired) electrons. The Hall–Kier alpha value is -5.54. The van der Waals surface area contributed by atoms with Gasteiger partial charge in [-0.3, -0.25) is 14.4 Å². The van der Waals surface area contributed by atoms with E-state index in [9.17, 15) is 24.3 Å².